The summed E-state index contributed by atoms with van der Waals surface area (Å²) >= 11 is 0. The Hall–Kier alpha value is -2.08. The van der Waals surface area contributed by atoms with Crippen LogP contribution in [0, 0.1) is 12.8 Å². The normalized spacial score (nSPS) is 25.7. The number of phenols is 1. The smallest absolute Gasteiger partial charge is 0.162 e. The third-order valence-corrected chi connectivity index (χ3v) is 6.24. The first-order chi connectivity index (χ1) is 13.7. The molecule has 3 unspecified atom stereocenters. The Kier molecular flexibility index (Phi) is 5.85. The van der Waals surface area contributed by atoms with E-state index < -0.39 is 0 Å². The topological polar surface area (TPSA) is 56.8 Å². The summed E-state index contributed by atoms with van der Waals surface area (Å²) < 4.78 is 5.26. The first kappa shape index (κ1) is 19.2. The molecule has 2 saturated heterocycles. The summed E-state index contributed by atoms with van der Waals surface area (Å²) in [5.41, 5.74) is 10.6. The van der Waals surface area contributed by atoms with Crippen LogP contribution in [0.4, 0.5) is 0 Å². The molecule has 150 valence electrons. The molecule has 4 rings (SSSR count). The fourth-order valence-corrected chi connectivity index (χ4v) is 4.82. The molecule has 5 nitrogen and oxygen atoms in total. The van der Waals surface area contributed by atoms with E-state index in [9.17, 15) is 5.11 Å². The summed E-state index contributed by atoms with van der Waals surface area (Å²) in [7, 11) is 1.60. The Morgan fingerprint density at radius 1 is 1.21 bits per heavy atom. The summed E-state index contributed by atoms with van der Waals surface area (Å²) in [4.78, 5) is 2.47. The maximum atomic E-state index is 10.4. The fourth-order valence-electron chi connectivity index (χ4n) is 4.82. The van der Waals surface area contributed by atoms with Crippen LogP contribution in [0.1, 0.15) is 35.4 Å². The minimum absolute atomic E-state index is 0.269. The van der Waals surface area contributed by atoms with Gasteiger partial charge in [0.25, 0.3) is 0 Å². The number of methoxy groups -OCH3 is 1. The van der Waals surface area contributed by atoms with Gasteiger partial charge in [-0.15, -0.1) is 0 Å². The average molecular weight is 382 g/mol. The zero-order valence-electron chi connectivity index (χ0n) is 16.8. The number of ether oxygens (including phenoxy) is 1. The van der Waals surface area contributed by atoms with Crippen molar-refractivity contribution in [2.75, 3.05) is 26.7 Å². The number of piperidine rings is 1. The van der Waals surface area contributed by atoms with Crippen LogP contribution in [0.15, 0.2) is 42.5 Å². The van der Waals surface area contributed by atoms with Crippen molar-refractivity contribution >= 4 is 0 Å². The van der Waals surface area contributed by atoms with E-state index in [1.54, 1.807) is 13.2 Å². The van der Waals surface area contributed by atoms with Gasteiger partial charge >= 0.3 is 0 Å². The van der Waals surface area contributed by atoms with Gasteiger partial charge in [0.1, 0.15) is 0 Å². The zero-order valence-corrected chi connectivity index (χ0v) is 16.8. The number of hydrogen-bond acceptors (Lipinski definition) is 5. The maximum Gasteiger partial charge on any atom is 0.162 e. The number of hydrogen-bond donors (Lipinski definition) is 3. The Morgan fingerprint density at radius 3 is 2.89 bits per heavy atom. The number of aryl methyl sites for hydroxylation is 1. The molecule has 3 N–H and O–H groups in total. The van der Waals surface area contributed by atoms with Crippen molar-refractivity contribution in [3.8, 4) is 11.5 Å². The lowest BCUT2D eigenvalue weighted by Gasteiger charge is -2.37. The van der Waals surface area contributed by atoms with E-state index >= 15 is 0 Å². The summed E-state index contributed by atoms with van der Waals surface area (Å²) in [5, 5.41) is 10.4. The minimum Gasteiger partial charge on any atom is -0.504 e. The van der Waals surface area contributed by atoms with Crippen LogP contribution in [0.2, 0.25) is 0 Å². The Bertz CT molecular complexity index is 810. The number of likely N-dealkylation sites (tertiary alicyclic amines) is 1. The highest BCUT2D eigenvalue weighted by atomic mass is 16.5. The van der Waals surface area contributed by atoms with E-state index in [-0.39, 0.29) is 5.75 Å². The monoisotopic (exact) mass is 381 g/mol. The van der Waals surface area contributed by atoms with Gasteiger partial charge in [0.2, 0.25) is 0 Å². The molecule has 3 atom stereocenters. The van der Waals surface area contributed by atoms with Crippen LogP contribution in [0.5, 0.6) is 11.5 Å². The third kappa shape index (κ3) is 4.02. The van der Waals surface area contributed by atoms with Gasteiger partial charge < -0.3 is 9.84 Å². The number of benzene rings is 2. The van der Waals surface area contributed by atoms with Gasteiger partial charge in [0, 0.05) is 37.2 Å². The molecule has 2 aromatic rings. The van der Waals surface area contributed by atoms with Crippen molar-refractivity contribution in [2.24, 2.45) is 5.92 Å². The average Bonchev–Trinajstić information content (AvgIpc) is 3.20. The van der Waals surface area contributed by atoms with Crippen molar-refractivity contribution in [1.29, 1.82) is 0 Å². The number of phenolic OH excluding ortho intramolecular Hbond substituents is 1. The maximum absolute atomic E-state index is 10.4. The summed E-state index contributed by atoms with van der Waals surface area (Å²) in [6, 6.07) is 15.1. The van der Waals surface area contributed by atoms with Gasteiger partial charge in [-0.25, -0.2) is 0 Å². The highest BCUT2D eigenvalue weighted by molar-refractivity contribution is 5.45. The number of rotatable bonds is 5. The molecule has 0 aromatic heterocycles. The van der Waals surface area contributed by atoms with E-state index in [0.717, 1.165) is 31.7 Å². The molecule has 2 aromatic carbocycles. The second-order valence-electron chi connectivity index (χ2n) is 8.18. The Morgan fingerprint density at radius 2 is 2.07 bits per heavy atom. The highest BCUT2D eigenvalue weighted by Gasteiger charge is 2.36. The third-order valence-electron chi connectivity index (χ3n) is 6.24. The summed E-state index contributed by atoms with van der Waals surface area (Å²) in [5.74, 6) is 1.90. The SMILES string of the molecule is COc1cccc(CN2CCCC(C3NNCC3c3cccc(C)c3)C2)c1O. The predicted octanol–water partition coefficient (Wildman–Crippen LogP) is 3.18. The van der Waals surface area contributed by atoms with E-state index in [1.165, 1.54) is 24.0 Å². The molecular weight excluding hydrogens is 350 g/mol. The molecule has 0 radical (unpaired) electrons. The predicted molar refractivity (Wildman–Crippen MR) is 112 cm³/mol. The molecule has 0 amide bonds. The van der Waals surface area contributed by atoms with Crippen molar-refractivity contribution in [2.45, 2.75) is 38.3 Å². The van der Waals surface area contributed by atoms with Gasteiger partial charge in [-0.3, -0.25) is 15.8 Å². The molecular formula is C23H31N3O2. The summed E-state index contributed by atoms with van der Waals surface area (Å²) in [6.45, 7) is 6.01. The number of para-hydroxylation sites is 1. The zero-order chi connectivity index (χ0) is 19.5. The quantitative estimate of drug-likeness (QED) is 0.743. The highest BCUT2D eigenvalue weighted by Crippen LogP contribution is 2.34. The molecule has 2 heterocycles. The first-order valence-electron chi connectivity index (χ1n) is 10.3. The van der Waals surface area contributed by atoms with Gasteiger partial charge in [-0.1, -0.05) is 42.0 Å². The van der Waals surface area contributed by atoms with Crippen LogP contribution in [0.25, 0.3) is 0 Å². The molecule has 5 heteroatoms. The van der Waals surface area contributed by atoms with Crippen molar-refractivity contribution < 1.29 is 9.84 Å². The lowest BCUT2D eigenvalue weighted by molar-refractivity contribution is 0.138. The molecule has 0 aliphatic carbocycles. The molecule has 2 fully saturated rings. The molecule has 28 heavy (non-hydrogen) atoms. The second-order valence-corrected chi connectivity index (χ2v) is 8.18. The summed E-state index contributed by atoms with van der Waals surface area (Å²) in [6.07, 6.45) is 2.43. The molecule has 2 aliphatic heterocycles. The van der Waals surface area contributed by atoms with Crippen molar-refractivity contribution in [3.05, 3.63) is 59.2 Å². The van der Waals surface area contributed by atoms with Crippen LogP contribution in [-0.4, -0.2) is 42.8 Å². The van der Waals surface area contributed by atoms with E-state index in [2.05, 4.69) is 46.9 Å². The number of hydrazine groups is 1. The fraction of sp³-hybridized carbons (Fsp3) is 0.478. The molecule has 0 saturated carbocycles. The second kappa shape index (κ2) is 8.52. The Labute approximate surface area is 167 Å². The number of nitrogens with one attached hydrogen (secondary N) is 2. The van der Waals surface area contributed by atoms with Gasteiger partial charge in [-0.05, 0) is 43.9 Å². The molecule has 0 spiro atoms. The molecule has 0 bridgehead atoms. The van der Waals surface area contributed by atoms with E-state index in [1.807, 2.05) is 12.1 Å². The van der Waals surface area contributed by atoms with Crippen LogP contribution >= 0.6 is 0 Å². The van der Waals surface area contributed by atoms with E-state index in [4.69, 9.17) is 4.74 Å². The van der Waals surface area contributed by atoms with Crippen LogP contribution in [0.3, 0.4) is 0 Å². The largest absolute Gasteiger partial charge is 0.504 e. The lowest BCUT2D eigenvalue weighted by Crippen LogP contribution is -2.46. The Balaban J connectivity index is 1.46. The van der Waals surface area contributed by atoms with E-state index in [0.29, 0.717) is 23.6 Å². The van der Waals surface area contributed by atoms with Gasteiger partial charge in [0.05, 0.1) is 7.11 Å². The van der Waals surface area contributed by atoms with Crippen molar-refractivity contribution in [1.82, 2.24) is 15.8 Å². The van der Waals surface area contributed by atoms with Crippen LogP contribution in [-0.2, 0) is 6.54 Å². The first-order valence-corrected chi connectivity index (χ1v) is 10.3. The minimum atomic E-state index is 0.269. The van der Waals surface area contributed by atoms with Gasteiger partial charge in [-0.2, -0.15) is 0 Å². The number of nitrogens with zero attached hydrogens (tertiary/aromatic N) is 1. The van der Waals surface area contributed by atoms with Crippen molar-refractivity contribution in [3.63, 3.8) is 0 Å². The van der Waals surface area contributed by atoms with Gasteiger partial charge in [0.15, 0.2) is 11.5 Å². The lowest BCUT2D eigenvalue weighted by atomic mass is 9.81. The number of aromatic hydroxyl groups is 1. The molecule has 2 aliphatic rings. The standard InChI is InChI=1S/C23H31N3O2/c1-16-6-3-7-17(12-16)20-13-24-25-22(20)18-9-5-11-26(14-18)15-19-8-4-10-21(28-2)23(19)27/h3-4,6-8,10,12,18,20,22,24-25,27H,5,9,11,13-15H2,1-2H3. The van der Waals surface area contributed by atoms with Crippen LogP contribution < -0.4 is 15.6 Å².